The number of benzene rings is 2. The van der Waals surface area contributed by atoms with Crippen molar-refractivity contribution in [3.05, 3.63) is 69.8 Å². The van der Waals surface area contributed by atoms with Gasteiger partial charge in [0.2, 0.25) is 10.0 Å². The lowest BCUT2D eigenvalue weighted by atomic mass is 10.1. The summed E-state index contributed by atoms with van der Waals surface area (Å²) in [6, 6.07) is 5.98. The van der Waals surface area contributed by atoms with Gasteiger partial charge in [-0.05, 0) is 30.3 Å². The van der Waals surface area contributed by atoms with E-state index in [1.54, 1.807) is 0 Å². The van der Waals surface area contributed by atoms with Crippen LogP contribution in [0.2, 0.25) is 0 Å². The fourth-order valence-corrected chi connectivity index (χ4v) is 3.39. The Morgan fingerprint density at radius 2 is 1.80 bits per heavy atom. The van der Waals surface area contributed by atoms with Crippen LogP contribution in [0.5, 0.6) is 0 Å². The van der Waals surface area contributed by atoms with Gasteiger partial charge in [-0.2, -0.15) is 4.31 Å². The lowest BCUT2D eigenvalue weighted by Gasteiger charge is -2.22. The van der Waals surface area contributed by atoms with Gasteiger partial charge in [0.1, 0.15) is 11.6 Å². The fraction of sp³-hybridized carbons (Fsp3) is 0.200. The van der Waals surface area contributed by atoms with Crippen LogP contribution >= 0.6 is 0 Å². The van der Waals surface area contributed by atoms with Crippen LogP contribution in [-0.4, -0.2) is 31.2 Å². The van der Waals surface area contributed by atoms with Crippen molar-refractivity contribution in [3.63, 3.8) is 0 Å². The number of hydrogen-bond donors (Lipinski definition) is 1. The maximum absolute atomic E-state index is 13.7. The van der Waals surface area contributed by atoms with Crippen molar-refractivity contribution in [2.24, 2.45) is 5.73 Å². The monoisotopic (exact) mass is 371 g/mol. The maximum Gasteiger partial charge on any atom is 0.269 e. The molecule has 2 rings (SSSR count). The van der Waals surface area contributed by atoms with E-state index >= 15 is 0 Å². The molecule has 0 bridgehead atoms. The van der Waals surface area contributed by atoms with E-state index < -0.39 is 32.6 Å². The summed E-state index contributed by atoms with van der Waals surface area (Å²) in [7, 11) is -2.76. The Kier molecular flexibility index (Phi) is 5.45. The Morgan fingerprint density at radius 1 is 1.20 bits per heavy atom. The van der Waals surface area contributed by atoms with Crippen LogP contribution < -0.4 is 5.73 Å². The summed E-state index contributed by atoms with van der Waals surface area (Å²) >= 11 is 0. The highest BCUT2D eigenvalue weighted by atomic mass is 32.2. The van der Waals surface area contributed by atoms with Crippen LogP contribution in [-0.2, 0) is 10.0 Å². The van der Waals surface area contributed by atoms with Gasteiger partial charge in [0.25, 0.3) is 5.69 Å². The van der Waals surface area contributed by atoms with E-state index in [0.717, 1.165) is 46.8 Å². The number of rotatable bonds is 6. The number of nitrogens with two attached hydrogens (primary N) is 1. The summed E-state index contributed by atoms with van der Waals surface area (Å²) in [6.07, 6.45) is 0. The number of nitrogens with zero attached hydrogens (tertiary/aromatic N) is 2. The Hall–Kier alpha value is -2.43. The van der Waals surface area contributed by atoms with E-state index in [-0.39, 0.29) is 22.7 Å². The third-order valence-electron chi connectivity index (χ3n) is 3.57. The highest BCUT2D eigenvalue weighted by molar-refractivity contribution is 7.89. The SMILES string of the molecule is CN(CC(N)c1cc(F)ccc1F)S(=O)(=O)c1ccc([N+](=O)[O-])cc1. The molecule has 25 heavy (non-hydrogen) atoms. The number of likely N-dealkylation sites (N-methyl/N-ethyl adjacent to an activating group) is 1. The van der Waals surface area contributed by atoms with Crippen molar-refractivity contribution >= 4 is 15.7 Å². The Balaban J connectivity index is 2.22. The van der Waals surface area contributed by atoms with Crippen LogP contribution in [0, 0.1) is 21.7 Å². The number of nitro benzene ring substituents is 1. The molecule has 0 aromatic heterocycles. The second-order valence-corrected chi connectivity index (χ2v) is 7.35. The molecule has 0 aliphatic heterocycles. The van der Waals surface area contributed by atoms with Gasteiger partial charge in [-0.3, -0.25) is 10.1 Å². The van der Waals surface area contributed by atoms with Gasteiger partial charge in [0.15, 0.2) is 0 Å². The molecule has 0 saturated heterocycles. The highest BCUT2D eigenvalue weighted by Crippen LogP contribution is 2.22. The van der Waals surface area contributed by atoms with Gasteiger partial charge < -0.3 is 5.73 Å². The van der Waals surface area contributed by atoms with E-state index in [0.29, 0.717) is 0 Å². The molecule has 10 heteroatoms. The van der Waals surface area contributed by atoms with Crippen LogP contribution in [0.25, 0.3) is 0 Å². The molecule has 0 aliphatic rings. The van der Waals surface area contributed by atoms with E-state index in [1.807, 2.05) is 0 Å². The van der Waals surface area contributed by atoms with Crippen LogP contribution in [0.4, 0.5) is 14.5 Å². The van der Waals surface area contributed by atoms with Crippen molar-refractivity contribution in [1.82, 2.24) is 4.31 Å². The predicted octanol–water partition coefficient (Wildman–Crippen LogP) is 2.19. The Bertz CT molecular complexity index is 888. The number of non-ortho nitro benzene ring substituents is 1. The second kappa shape index (κ2) is 7.21. The molecule has 0 aliphatic carbocycles. The van der Waals surface area contributed by atoms with E-state index in [4.69, 9.17) is 5.73 Å². The minimum Gasteiger partial charge on any atom is -0.323 e. The molecule has 0 radical (unpaired) electrons. The van der Waals surface area contributed by atoms with Gasteiger partial charge >= 0.3 is 0 Å². The summed E-state index contributed by atoms with van der Waals surface area (Å²) in [5, 5.41) is 10.6. The molecule has 0 spiro atoms. The zero-order valence-corrected chi connectivity index (χ0v) is 13.9. The zero-order chi connectivity index (χ0) is 18.8. The maximum atomic E-state index is 13.7. The summed E-state index contributed by atoms with van der Waals surface area (Å²) in [4.78, 5) is 9.80. The molecular weight excluding hydrogens is 356 g/mol. The molecule has 1 unspecified atom stereocenters. The number of halogens is 2. The fourth-order valence-electron chi connectivity index (χ4n) is 2.19. The third kappa shape index (κ3) is 4.16. The topological polar surface area (TPSA) is 107 Å². The summed E-state index contributed by atoms with van der Waals surface area (Å²) in [6.45, 7) is -0.306. The quantitative estimate of drug-likeness (QED) is 0.619. The summed E-state index contributed by atoms with van der Waals surface area (Å²) in [5.41, 5.74) is 5.40. The highest BCUT2D eigenvalue weighted by Gasteiger charge is 2.25. The molecule has 1 atom stereocenters. The number of hydrogen-bond acceptors (Lipinski definition) is 5. The molecule has 0 amide bonds. The van der Waals surface area contributed by atoms with Gasteiger partial charge in [-0.1, -0.05) is 0 Å². The van der Waals surface area contributed by atoms with Crippen molar-refractivity contribution in [2.45, 2.75) is 10.9 Å². The molecular formula is C15H15F2N3O4S. The Labute approximate surface area is 142 Å². The second-order valence-electron chi connectivity index (χ2n) is 5.31. The van der Waals surface area contributed by atoms with Crippen molar-refractivity contribution in [1.29, 1.82) is 0 Å². The van der Waals surface area contributed by atoms with Crippen molar-refractivity contribution in [3.8, 4) is 0 Å². The number of sulfonamides is 1. The standard InChI is InChI=1S/C15H15F2N3O4S/c1-19(9-15(18)13-8-10(16)2-7-14(13)17)25(23,24)12-5-3-11(4-6-12)20(21)22/h2-8,15H,9,18H2,1H3. The van der Waals surface area contributed by atoms with E-state index in [9.17, 15) is 27.3 Å². The normalized spacial score (nSPS) is 13.0. The zero-order valence-electron chi connectivity index (χ0n) is 13.1. The largest absolute Gasteiger partial charge is 0.323 e. The molecule has 0 heterocycles. The molecule has 134 valence electrons. The number of nitro groups is 1. The molecule has 2 aromatic rings. The summed E-state index contributed by atoms with van der Waals surface area (Å²) < 4.78 is 52.8. The van der Waals surface area contributed by atoms with Gasteiger partial charge in [-0.25, -0.2) is 17.2 Å². The first-order chi connectivity index (χ1) is 11.6. The van der Waals surface area contributed by atoms with Gasteiger partial charge in [0, 0.05) is 37.3 Å². The lowest BCUT2D eigenvalue weighted by Crippen LogP contribution is -2.34. The first-order valence-electron chi connectivity index (χ1n) is 7.04. The van der Waals surface area contributed by atoms with Crippen molar-refractivity contribution in [2.75, 3.05) is 13.6 Å². The predicted molar refractivity (Wildman–Crippen MR) is 86.2 cm³/mol. The minimum atomic E-state index is -3.99. The smallest absolute Gasteiger partial charge is 0.269 e. The first kappa shape index (κ1) is 18.9. The Morgan fingerprint density at radius 3 is 2.36 bits per heavy atom. The molecule has 0 saturated carbocycles. The van der Waals surface area contributed by atoms with E-state index in [2.05, 4.69) is 0 Å². The first-order valence-corrected chi connectivity index (χ1v) is 8.48. The average Bonchev–Trinajstić information content (AvgIpc) is 2.56. The third-order valence-corrected chi connectivity index (χ3v) is 5.40. The van der Waals surface area contributed by atoms with E-state index in [1.165, 1.54) is 7.05 Å². The molecule has 0 fully saturated rings. The minimum absolute atomic E-state index is 0.147. The van der Waals surface area contributed by atoms with Gasteiger partial charge in [-0.15, -0.1) is 0 Å². The summed E-state index contributed by atoms with van der Waals surface area (Å²) in [5.74, 6) is -1.43. The van der Waals surface area contributed by atoms with Crippen LogP contribution in [0.15, 0.2) is 47.4 Å². The van der Waals surface area contributed by atoms with Crippen LogP contribution in [0.1, 0.15) is 11.6 Å². The van der Waals surface area contributed by atoms with Gasteiger partial charge in [0.05, 0.1) is 9.82 Å². The average molecular weight is 371 g/mol. The van der Waals surface area contributed by atoms with Crippen molar-refractivity contribution < 1.29 is 22.1 Å². The van der Waals surface area contributed by atoms with Crippen LogP contribution in [0.3, 0.4) is 0 Å². The molecule has 7 nitrogen and oxygen atoms in total. The molecule has 2 N–H and O–H groups in total. The molecule has 2 aromatic carbocycles. The lowest BCUT2D eigenvalue weighted by molar-refractivity contribution is -0.384.